The Balaban J connectivity index is 2.97. The van der Waals surface area contributed by atoms with Crippen LogP contribution in [0.15, 0.2) is 18.2 Å². The third-order valence-electron chi connectivity index (χ3n) is 1.77. The normalized spacial score (nSPS) is 9.83. The number of Topliss-reactive ketones (excluding diaryl/α,β-unsaturated/α-hetero) is 1. The van der Waals surface area contributed by atoms with Gasteiger partial charge in [0, 0.05) is 6.42 Å². The first-order chi connectivity index (χ1) is 5.59. The van der Waals surface area contributed by atoms with E-state index in [0.717, 1.165) is 11.1 Å². The average molecular weight is 164 g/mol. The van der Waals surface area contributed by atoms with Crippen LogP contribution in [0.1, 0.15) is 18.1 Å². The second kappa shape index (κ2) is 3.39. The van der Waals surface area contributed by atoms with Gasteiger partial charge >= 0.3 is 0 Å². The standard InChI is InChI=1S/C10H12O2/c1-7-3-4-10(12)6-9(7)5-8(2)11/h3-4,6,12H,5H2,1-2H3. The minimum atomic E-state index is 0.115. The molecule has 0 radical (unpaired) electrons. The molecule has 12 heavy (non-hydrogen) atoms. The highest BCUT2D eigenvalue weighted by Gasteiger charge is 2.01. The van der Waals surface area contributed by atoms with Crippen molar-refractivity contribution in [2.24, 2.45) is 0 Å². The fourth-order valence-electron chi connectivity index (χ4n) is 1.12. The van der Waals surface area contributed by atoms with Crippen molar-refractivity contribution in [3.63, 3.8) is 0 Å². The first-order valence-electron chi connectivity index (χ1n) is 3.87. The van der Waals surface area contributed by atoms with Crippen molar-refractivity contribution in [1.82, 2.24) is 0 Å². The Kier molecular flexibility index (Phi) is 2.48. The molecule has 0 amide bonds. The van der Waals surface area contributed by atoms with Gasteiger partial charge in [0.1, 0.15) is 11.5 Å². The number of ketones is 1. The summed E-state index contributed by atoms with van der Waals surface area (Å²) >= 11 is 0. The molecule has 1 aromatic carbocycles. The molecular weight excluding hydrogens is 152 g/mol. The lowest BCUT2D eigenvalue weighted by Crippen LogP contribution is -1.98. The number of phenols is 1. The van der Waals surface area contributed by atoms with Gasteiger partial charge in [-0.25, -0.2) is 0 Å². The smallest absolute Gasteiger partial charge is 0.134 e. The highest BCUT2D eigenvalue weighted by atomic mass is 16.3. The van der Waals surface area contributed by atoms with Gasteiger partial charge < -0.3 is 5.11 Å². The lowest BCUT2D eigenvalue weighted by atomic mass is 10.0. The Morgan fingerprint density at radius 3 is 2.75 bits per heavy atom. The molecular formula is C10H12O2. The van der Waals surface area contributed by atoms with Crippen LogP contribution in [-0.4, -0.2) is 10.9 Å². The molecule has 0 aliphatic heterocycles. The largest absolute Gasteiger partial charge is 0.508 e. The maximum atomic E-state index is 10.8. The number of hydrogen-bond acceptors (Lipinski definition) is 2. The van der Waals surface area contributed by atoms with E-state index >= 15 is 0 Å². The number of aromatic hydroxyl groups is 1. The minimum absolute atomic E-state index is 0.115. The molecule has 2 nitrogen and oxygen atoms in total. The Morgan fingerprint density at radius 2 is 2.17 bits per heavy atom. The van der Waals surface area contributed by atoms with E-state index in [9.17, 15) is 4.79 Å². The third-order valence-corrected chi connectivity index (χ3v) is 1.77. The van der Waals surface area contributed by atoms with Gasteiger partial charge in [0.05, 0.1) is 0 Å². The van der Waals surface area contributed by atoms with Crippen LogP contribution in [0.2, 0.25) is 0 Å². The van der Waals surface area contributed by atoms with Crippen LogP contribution < -0.4 is 0 Å². The molecule has 0 heterocycles. The lowest BCUT2D eigenvalue weighted by molar-refractivity contribution is -0.116. The summed E-state index contributed by atoms with van der Waals surface area (Å²) in [6, 6.07) is 5.07. The Labute approximate surface area is 71.8 Å². The van der Waals surface area contributed by atoms with Gasteiger partial charge in [-0.1, -0.05) is 6.07 Å². The molecule has 64 valence electrons. The van der Waals surface area contributed by atoms with Crippen LogP contribution in [0.5, 0.6) is 5.75 Å². The molecule has 0 aliphatic rings. The minimum Gasteiger partial charge on any atom is -0.508 e. The van der Waals surface area contributed by atoms with Gasteiger partial charge in [0.25, 0.3) is 0 Å². The van der Waals surface area contributed by atoms with Gasteiger partial charge in [0.2, 0.25) is 0 Å². The molecule has 1 aromatic rings. The van der Waals surface area contributed by atoms with Crippen molar-refractivity contribution in [2.45, 2.75) is 20.3 Å². The first-order valence-corrected chi connectivity index (χ1v) is 3.87. The van der Waals surface area contributed by atoms with E-state index < -0.39 is 0 Å². The van der Waals surface area contributed by atoms with E-state index in [-0.39, 0.29) is 11.5 Å². The molecule has 2 heteroatoms. The van der Waals surface area contributed by atoms with Crippen molar-refractivity contribution < 1.29 is 9.90 Å². The second-order valence-corrected chi connectivity index (χ2v) is 2.99. The van der Waals surface area contributed by atoms with Crippen molar-refractivity contribution in [2.75, 3.05) is 0 Å². The fraction of sp³-hybridized carbons (Fsp3) is 0.300. The third kappa shape index (κ3) is 2.09. The van der Waals surface area contributed by atoms with Crippen LogP contribution in [-0.2, 0) is 11.2 Å². The molecule has 0 atom stereocenters. The highest BCUT2D eigenvalue weighted by Crippen LogP contribution is 2.16. The monoisotopic (exact) mass is 164 g/mol. The number of benzene rings is 1. The predicted molar refractivity (Wildman–Crippen MR) is 47.2 cm³/mol. The van der Waals surface area contributed by atoms with Crippen molar-refractivity contribution >= 4 is 5.78 Å². The summed E-state index contributed by atoms with van der Waals surface area (Å²) < 4.78 is 0. The zero-order chi connectivity index (χ0) is 9.14. The Morgan fingerprint density at radius 1 is 1.50 bits per heavy atom. The molecule has 0 aliphatic carbocycles. The fourth-order valence-corrected chi connectivity index (χ4v) is 1.12. The van der Waals surface area contributed by atoms with Gasteiger partial charge in [-0.2, -0.15) is 0 Å². The molecule has 1 rings (SSSR count). The number of aryl methyl sites for hydroxylation is 1. The van der Waals surface area contributed by atoms with E-state index in [4.69, 9.17) is 5.11 Å². The maximum Gasteiger partial charge on any atom is 0.134 e. The van der Waals surface area contributed by atoms with E-state index in [1.807, 2.05) is 13.0 Å². The number of carbonyl (C=O) groups excluding carboxylic acids is 1. The molecule has 0 bridgehead atoms. The van der Waals surface area contributed by atoms with Gasteiger partial charge in [-0.3, -0.25) is 4.79 Å². The summed E-state index contributed by atoms with van der Waals surface area (Å²) in [6.45, 7) is 3.47. The second-order valence-electron chi connectivity index (χ2n) is 2.99. The number of rotatable bonds is 2. The zero-order valence-electron chi connectivity index (χ0n) is 7.29. The molecule has 0 fully saturated rings. The first kappa shape index (κ1) is 8.78. The number of hydrogen-bond donors (Lipinski definition) is 1. The van der Waals surface area contributed by atoms with Crippen LogP contribution >= 0.6 is 0 Å². The van der Waals surface area contributed by atoms with Crippen molar-refractivity contribution in [1.29, 1.82) is 0 Å². The summed E-state index contributed by atoms with van der Waals surface area (Å²) in [5.41, 5.74) is 1.95. The number of carbonyl (C=O) groups is 1. The van der Waals surface area contributed by atoms with Gasteiger partial charge in [-0.05, 0) is 37.1 Å². The van der Waals surface area contributed by atoms with E-state index in [1.165, 1.54) is 0 Å². The van der Waals surface area contributed by atoms with Crippen molar-refractivity contribution in [3.8, 4) is 5.75 Å². The van der Waals surface area contributed by atoms with Crippen LogP contribution in [0.25, 0.3) is 0 Å². The number of phenolic OH excluding ortho intramolecular Hbond substituents is 1. The Hall–Kier alpha value is -1.31. The van der Waals surface area contributed by atoms with Crippen molar-refractivity contribution in [3.05, 3.63) is 29.3 Å². The topological polar surface area (TPSA) is 37.3 Å². The molecule has 0 saturated carbocycles. The molecule has 1 N–H and O–H groups in total. The SMILES string of the molecule is CC(=O)Cc1cc(O)ccc1C. The van der Waals surface area contributed by atoms with Crippen LogP contribution in [0.4, 0.5) is 0 Å². The summed E-state index contributed by atoms with van der Waals surface area (Å²) in [6.07, 6.45) is 0.403. The average Bonchev–Trinajstić information content (AvgIpc) is 1.96. The maximum absolute atomic E-state index is 10.8. The van der Waals surface area contributed by atoms with Crippen LogP contribution in [0, 0.1) is 6.92 Å². The summed E-state index contributed by atoms with van der Waals surface area (Å²) in [4.78, 5) is 10.8. The predicted octanol–water partition coefficient (Wildman–Crippen LogP) is 1.83. The van der Waals surface area contributed by atoms with Crippen LogP contribution in [0.3, 0.4) is 0 Å². The summed E-state index contributed by atoms with van der Waals surface area (Å²) in [5.74, 6) is 0.334. The molecule has 0 spiro atoms. The van der Waals surface area contributed by atoms with Gasteiger partial charge in [0.15, 0.2) is 0 Å². The van der Waals surface area contributed by atoms with E-state index in [2.05, 4.69) is 0 Å². The zero-order valence-corrected chi connectivity index (χ0v) is 7.29. The highest BCUT2D eigenvalue weighted by molar-refractivity contribution is 5.78. The Bertz CT molecular complexity index is 303. The van der Waals surface area contributed by atoms with E-state index in [1.54, 1.807) is 19.1 Å². The molecule has 0 saturated heterocycles. The summed E-state index contributed by atoms with van der Waals surface area (Å²) in [5, 5.41) is 9.14. The van der Waals surface area contributed by atoms with E-state index in [0.29, 0.717) is 6.42 Å². The quantitative estimate of drug-likeness (QED) is 0.724. The molecule has 0 unspecified atom stereocenters. The van der Waals surface area contributed by atoms with Gasteiger partial charge in [-0.15, -0.1) is 0 Å². The summed E-state index contributed by atoms with van der Waals surface area (Å²) in [7, 11) is 0. The lowest BCUT2D eigenvalue weighted by Gasteiger charge is -2.03. The molecule has 0 aromatic heterocycles.